The van der Waals surface area contributed by atoms with Crippen LogP contribution in [0.1, 0.15) is 18.4 Å². The number of benzene rings is 2. The average molecular weight is 366 g/mol. The van der Waals surface area contributed by atoms with Gasteiger partial charge in [0.15, 0.2) is 11.5 Å². The fourth-order valence-electron chi connectivity index (χ4n) is 3.43. The highest BCUT2D eigenvalue weighted by molar-refractivity contribution is 5.96. The van der Waals surface area contributed by atoms with E-state index in [1.165, 1.54) is 0 Å². The molecule has 2 unspecified atom stereocenters. The fraction of sp³-hybridized carbons (Fsp3) is 0.333. The minimum absolute atomic E-state index is 0.0119. The van der Waals surface area contributed by atoms with Gasteiger partial charge >= 0.3 is 0 Å². The summed E-state index contributed by atoms with van der Waals surface area (Å²) in [6, 6.07) is 15.3. The van der Waals surface area contributed by atoms with Gasteiger partial charge in [0.05, 0.1) is 6.54 Å². The second-order valence-corrected chi connectivity index (χ2v) is 6.89. The molecule has 2 heterocycles. The van der Waals surface area contributed by atoms with Gasteiger partial charge in [-0.25, -0.2) is 0 Å². The molecule has 0 saturated heterocycles. The Balaban J connectivity index is 1.23. The lowest BCUT2D eigenvalue weighted by Crippen LogP contribution is -2.41. The molecule has 2 atom stereocenters. The molecule has 0 bridgehead atoms. The largest absolute Gasteiger partial charge is 0.486 e. The van der Waals surface area contributed by atoms with Crippen molar-refractivity contribution in [2.24, 2.45) is 5.92 Å². The van der Waals surface area contributed by atoms with Crippen LogP contribution in [-0.2, 0) is 16.0 Å². The third-order valence-electron chi connectivity index (χ3n) is 4.93. The summed E-state index contributed by atoms with van der Waals surface area (Å²) in [5, 5.41) is 5.80. The molecule has 2 aromatic carbocycles. The van der Waals surface area contributed by atoms with Gasteiger partial charge in [0.25, 0.3) is 0 Å². The zero-order valence-electron chi connectivity index (χ0n) is 14.9. The highest BCUT2D eigenvalue weighted by Crippen LogP contribution is 2.31. The molecule has 0 fully saturated rings. The molecule has 6 nitrogen and oxygen atoms in total. The van der Waals surface area contributed by atoms with Crippen LogP contribution in [0.25, 0.3) is 0 Å². The van der Waals surface area contributed by atoms with Gasteiger partial charge in [-0.15, -0.1) is 0 Å². The maximum atomic E-state index is 12.2. The van der Waals surface area contributed by atoms with Crippen LogP contribution < -0.4 is 20.1 Å². The van der Waals surface area contributed by atoms with E-state index in [0.29, 0.717) is 38.2 Å². The number of nitrogens with one attached hydrogen (secondary N) is 2. The zero-order valence-corrected chi connectivity index (χ0v) is 14.9. The van der Waals surface area contributed by atoms with E-state index in [4.69, 9.17) is 9.47 Å². The average Bonchev–Trinajstić information content (AvgIpc) is 2.70. The van der Waals surface area contributed by atoms with Gasteiger partial charge in [0.1, 0.15) is 12.7 Å². The highest BCUT2D eigenvalue weighted by Gasteiger charge is 2.26. The van der Waals surface area contributed by atoms with Crippen LogP contribution in [0.15, 0.2) is 48.5 Å². The van der Waals surface area contributed by atoms with Crippen LogP contribution in [0.2, 0.25) is 0 Å². The van der Waals surface area contributed by atoms with Crippen LogP contribution in [0, 0.1) is 5.92 Å². The van der Waals surface area contributed by atoms with Gasteiger partial charge in [-0.1, -0.05) is 30.3 Å². The van der Waals surface area contributed by atoms with Crippen LogP contribution >= 0.6 is 0 Å². The quantitative estimate of drug-likeness (QED) is 0.853. The molecule has 27 heavy (non-hydrogen) atoms. The SMILES string of the molecule is O=C(CCC1Cc2ccccc2NC1=O)NCC1COc2ccccc2O1. The molecule has 0 radical (unpaired) electrons. The van der Waals surface area contributed by atoms with Crippen molar-refractivity contribution in [1.29, 1.82) is 0 Å². The van der Waals surface area contributed by atoms with E-state index in [2.05, 4.69) is 10.6 Å². The van der Waals surface area contributed by atoms with E-state index in [9.17, 15) is 9.59 Å². The van der Waals surface area contributed by atoms with Gasteiger partial charge in [-0.2, -0.15) is 0 Å². The molecule has 2 aromatic rings. The van der Waals surface area contributed by atoms with Gasteiger partial charge in [-0.3, -0.25) is 9.59 Å². The maximum Gasteiger partial charge on any atom is 0.227 e. The maximum absolute atomic E-state index is 12.2. The minimum atomic E-state index is -0.214. The van der Waals surface area contributed by atoms with Crippen molar-refractivity contribution >= 4 is 17.5 Å². The number of hydrogen-bond acceptors (Lipinski definition) is 4. The Morgan fingerprint density at radius 1 is 1.11 bits per heavy atom. The van der Waals surface area contributed by atoms with Crippen molar-refractivity contribution in [3.05, 3.63) is 54.1 Å². The lowest BCUT2D eigenvalue weighted by Gasteiger charge is -2.27. The molecule has 2 N–H and O–H groups in total. The van der Waals surface area contributed by atoms with Gasteiger partial charge in [0, 0.05) is 18.0 Å². The van der Waals surface area contributed by atoms with Crippen LogP contribution in [0.5, 0.6) is 11.5 Å². The fourth-order valence-corrected chi connectivity index (χ4v) is 3.43. The summed E-state index contributed by atoms with van der Waals surface area (Å²) in [7, 11) is 0. The van der Waals surface area contributed by atoms with E-state index < -0.39 is 0 Å². The van der Waals surface area contributed by atoms with Crippen molar-refractivity contribution in [2.45, 2.75) is 25.4 Å². The second-order valence-electron chi connectivity index (χ2n) is 6.89. The zero-order chi connectivity index (χ0) is 18.6. The van der Waals surface area contributed by atoms with Gasteiger partial charge in [-0.05, 0) is 36.6 Å². The summed E-state index contributed by atoms with van der Waals surface area (Å²) in [5.74, 6) is 1.15. The molecule has 4 rings (SSSR count). The normalized spacial score (nSPS) is 20.4. The third kappa shape index (κ3) is 4.05. The van der Waals surface area contributed by atoms with Crippen molar-refractivity contribution < 1.29 is 19.1 Å². The van der Waals surface area contributed by atoms with E-state index in [1.54, 1.807) is 0 Å². The smallest absolute Gasteiger partial charge is 0.227 e. The molecular formula is C21H22N2O4. The van der Waals surface area contributed by atoms with Crippen LogP contribution in [0.3, 0.4) is 0 Å². The minimum Gasteiger partial charge on any atom is -0.486 e. The molecule has 2 amide bonds. The summed E-state index contributed by atoms with van der Waals surface area (Å²) in [6.45, 7) is 0.784. The monoisotopic (exact) mass is 366 g/mol. The summed E-state index contributed by atoms with van der Waals surface area (Å²) in [4.78, 5) is 24.4. The first-order valence-corrected chi connectivity index (χ1v) is 9.23. The lowest BCUT2D eigenvalue weighted by molar-refractivity contribution is -0.123. The Morgan fingerprint density at radius 3 is 2.78 bits per heavy atom. The number of ether oxygens (including phenoxy) is 2. The van der Waals surface area contributed by atoms with Crippen molar-refractivity contribution in [1.82, 2.24) is 5.32 Å². The highest BCUT2D eigenvalue weighted by atomic mass is 16.6. The molecule has 2 aliphatic heterocycles. The Kier molecular flexibility index (Phi) is 4.96. The van der Waals surface area contributed by atoms with Gasteiger partial charge < -0.3 is 20.1 Å². The molecule has 0 aromatic heterocycles. The summed E-state index contributed by atoms with van der Waals surface area (Å²) >= 11 is 0. The Labute approximate surface area is 157 Å². The van der Waals surface area contributed by atoms with Crippen LogP contribution in [0.4, 0.5) is 5.69 Å². The van der Waals surface area contributed by atoms with E-state index in [1.807, 2.05) is 48.5 Å². The Hall–Kier alpha value is -3.02. The van der Waals surface area contributed by atoms with Crippen LogP contribution in [-0.4, -0.2) is 31.1 Å². The number of carbonyl (C=O) groups excluding carboxylic acids is 2. The molecule has 6 heteroatoms. The summed E-state index contributed by atoms with van der Waals surface area (Å²) in [5.41, 5.74) is 1.99. The number of carbonyl (C=O) groups is 2. The molecule has 2 aliphatic rings. The predicted octanol–water partition coefficient (Wildman–Crippen LogP) is 2.53. The number of rotatable bonds is 5. The van der Waals surface area contributed by atoms with Crippen molar-refractivity contribution in [3.63, 3.8) is 0 Å². The molecule has 0 spiro atoms. The second kappa shape index (κ2) is 7.70. The number of amides is 2. The number of para-hydroxylation sites is 3. The molecular weight excluding hydrogens is 344 g/mol. The number of fused-ring (bicyclic) bond motifs is 2. The first-order chi connectivity index (χ1) is 13.2. The lowest BCUT2D eigenvalue weighted by atomic mass is 9.89. The third-order valence-corrected chi connectivity index (χ3v) is 4.93. The van der Waals surface area contributed by atoms with Gasteiger partial charge in [0.2, 0.25) is 11.8 Å². The standard InChI is InChI=1S/C21H22N2O4/c24-20(22-12-16-13-26-18-7-3-4-8-19(18)27-16)10-9-15-11-14-5-1-2-6-17(14)23-21(15)25/h1-8,15-16H,9-13H2,(H,22,24)(H,23,25). The van der Waals surface area contributed by atoms with E-state index in [0.717, 1.165) is 17.0 Å². The molecule has 0 saturated carbocycles. The summed E-state index contributed by atoms with van der Waals surface area (Å²) in [6.07, 6.45) is 1.29. The summed E-state index contributed by atoms with van der Waals surface area (Å²) < 4.78 is 11.5. The Morgan fingerprint density at radius 2 is 1.89 bits per heavy atom. The van der Waals surface area contributed by atoms with E-state index in [-0.39, 0.29) is 23.8 Å². The first kappa shape index (κ1) is 17.4. The van der Waals surface area contributed by atoms with E-state index >= 15 is 0 Å². The number of anilines is 1. The molecule has 0 aliphatic carbocycles. The topological polar surface area (TPSA) is 76.7 Å². The predicted molar refractivity (Wildman–Crippen MR) is 101 cm³/mol. The molecule has 140 valence electrons. The van der Waals surface area contributed by atoms with Crippen molar-refractivity contribution in [3.8, 4) is 11.5 Å². The Bertz CT molecular complexity index is 852. The number of hydrogen-bond donors (Lipinski definition) is 2. The first-order valence-electron chi connectivity index (χ1n) is 9.23. The van der Waals surface area contributed by atoms with Crippen molar-refractivity contribution in [2.75, 3.05) is 18.5 Å².